The number of likely N-dealkylation sites (N-methyl/N-ethyl adjacent to an activating group) is 1. The molecule has 6 nitrogen and oxygen atoms in total. The monoisotopic (exact) mass is 396 g/mol. The van der Waals surface area contributed by atoms with E-state index in [0.29, 0.717) is 13.2 Å². The SMILES string of the molecule is CN(CC(=O)NC1CCC2(CC1)OCCO2)c1ccccc1Oc1ccccc1. The Balaban J connectivity index is 1.32. The molecule has 1 saturated carbocycles. The van der Waals surface area contributed by atoms with Crippen molar-refractivity contribution in [2.75, 3.05) is 31.7 Å². The number of benzene rings is 2. The lowest BCUT2D eigenvalue weighted by Crippen LogP contribution is -2.46. The van der Waals surface area contributed by atoms with Crippen LogP contribution >= 0.6 is 0 Å². The predicted octanol–water partition coefficient (Wildman–Crippen LogP) is 3.72. The van der Waals surface area contributed by atoms with Gasteiger partial charge in [0.15, 0.2) is 11.5 Å². The summed E-state index contributed by atoms with van der Waals surface area (Å²) in [5.74, 6) is 1.11. The van der Waals surface area contributed by atoms with Crippen LogP contribution in [0.3, 0.4) is 0 Å². The maximum atomic E-state index is 12.6. The summed E-state index contributed by atoms with van der Waals surface area (Å²) in [4.78, 5) is 14.5. The average Bonchev–Trinajstić information content (AvgIpc) is 3.19. The summed E-state index contributed by atoms with van der Waals surface area (Å²) < 4.78 is 17.5. The molecule has 2 aromatic carbocycles. The Bertz CT molecular complexity index is 811. The van der Waals surface area contributed by atoms with Crippen molar-refractivity contribution >= 4 is 11.6 Å². The molecular weight excluding hydrogens is 368 g/mol. The van der Waals surface area contributed by atoms with Gasteiger partial charge in [0, 0.05) is 25.9 Å². The van der Waals surface area contributed by atoms with Gasteiger partial charge in [-0.05, 0) is 37.1 Å². The Labute approximate surface area is 171 Å². The third-order valence-corrected chi connectivity index (χ3v) is 5.55. The number of hydrogen-bond donors (Lipinski definition) is 1. The van der Waals surface area contributed by atoms with E-state index in [2.05, 4.69) is 5.32 Å². The number of hydrogen-bond acceptors (Lipinski definition) is 5. The van der Waals surface area contributed by atoms with Crippen molar-refractivity contribution in [3.63, 3.8) is 0 Å². The zero-order valence-electron chi connectivity index (χ0n) is 16.8. The fourth-order valence-corrected chi connectivity index (χ4v) is 4.04. The molecule has 4 rings (SSSR count). The Hall–Kier alpha value is -2.57. The molecule has 2 fully saturated rings. The van der Waals surface area contributed by atoms with Gasteiger partial charge in [0.25, 0.3) is 0 Å². The standard InChI is InChI=1S/C23H28N2O4/c1-25(20-9-5-6-10-21(20)29-19-7-3-2-4-8-19)17-22(26)24-18-11-13-23(14-12-18)27-15-16-28-23/h2-10,18H,11-17H2,1H3,(H,24,26). The van der Waals surface area contributed by atoms with Crippen LogP contribution in [0.25, 0.3) is 0 Å². The molecule has 1 heterocycles. The fraction of sp³-hybridized carbons (Fsp3) is 0.435. The summed E-state index contributed by atoms with van der Waals surface area (Å²) in [5.41, 5.74) is 0.877. The third-order valence-electron chi connectivity index (χ3n) is 5.55. The molecule has 2 aromatic rings. The van der Waals surface area contributed by atoms with E-state index in [1.165, 1.54) is 0 Å². The minimum Gasteiger partial charge on any atom is -0.455 e. The number of amides is 1. The normalized spacial score (nSPS) is 18.5. The number of rotatable bonds is 6. The van der Waals surface area contributed by atoms with E-state index in [0.717, 1.165) is 42.9 Å². The lowest BCUT2D eigenvalue weighted by molar-refractivity contribution is -0.180. The molecule has 154 valence electrons. The highest BCUT2D eigenvalue weighted by atomic mass is 16.7. The highest BCUT2D eigenvalue weighted by Gasteiger charge is 2.40. The average molecular weight is 396 g/mol. The summed E-state index contributed by atoms with van der Waals surface area (Å²) in [6.07, 6.45) is 3.43. The van der Waals surface area contributed by atoms with Crippen LogP contribution < -0.4 is 15.0 Å². The number of anilines is 1. The molecule has 0 bridgehead atoms. The maximum Gasteiger partial charge on any atom is 0.239 e. The molecular formula is C23H28N2O4. The van der Waals surface area contributed by atoms with Gasteiger partial charge in [-0.2, -0.15) is 0 Å². The van der Waals surface area contributed by atoms with Crippen molar-refractivity contribution in [2.24, 2.45) is 0 Å². The first-order chi connectivity index (χ1) is 14.1. The summed E-state index contributed by atoms with van der Waals surface area (Å²) >= 11 is 0. The number of nitrogens with one attached hydrogen (secondary N) is 1. The predicted molar refractivity (Wildman–Crippen MR) is 111 cm³/mol. The first kappa shape index (κ1) is 19.7. The summed E-state index contributed by atoms with van der Waals surface area (Å²) in [5, 5.41) is 3.16. The first-order valence-electron chi connectivity index (χ1n) is 10.2. The molecule has 0 atom stereocenters. The zero-order valence-corrected chi connectivity index (χ0v) is 16.8. The minimum atomic E-state index is -0.397. The molecule has 1 spiro atoms. The van der Waals surface area contributed by atoms with Crippen LogP contribution in [0.4, 0.5) is 5.69 Å². The van der Waals surface area contributed by atoms with E-state index >= 15 is 0 Å². The van der Waals surface area contributed by atoms with Crippen LogP contribution in [0.2, 0.25) is 0 Å². The van der Waals surface area contributed by atoms with Gasteiger partial charge >= 0.3 is 0 Å². The quantitative estimate of drug-likeness (QED) is 0.807. The molecule has 1 aliphatic heterocycles. The second-order valence-corrected chi connectivity index (χ2v) is 7.69. The van der Waals surface area contributed by atoms with E-state index < -0.39 is 5.79 Å². The minimum absolute atomic E-state index is 0.0104. The number of para-hydroxylation sites is 3. The van der Waals surface area contributed by atoms with Crippen molar-refractivity contribution in [3.05, 3.63) is 54.6 Å². The zero-order chi connectivity index (χ0) is 20.1. The molecule has 2 aliphatic rings. The van der Waals surface area contributed by atoms with Crippen LogP contribution in [0, 0.1) is 0 Å². The van der Waals surface area contributed by atoms with E-state index in [1.807, 2.05) is 66.5 Å². The number of ether oxygens (including phenoxy) is 3. The van der Waals surface area contributed by atoms with Gasteiger partial charge in [0.05, 0.1) is 25.4 Å². The van der Waals surface area contributed by atoms with E-state index in [9.17, 15) is 4.79 Å². The summed E-state index contributed by atoms with van der Waals surface area (Å²) in [6, 6.07) is 17.6. The smallest absolute Gasteiger partial charge is 0.239 e. The largest absolute Gasteiger partial charge is 0.455 e. The van der Waals surface area contributed by atoms with Gasteiger partial charge in [-0.1, -0.05) is 30.3 Å². The van der Waals surface area contributed by atoms with Crippen molar-refractivity contribution in [3.8, 4) is 11.5 Å². The Morgan fingerprint density at radius 1 is 1.07 bits per heavy atom. The molecule has 29 heavy (non-hydrogen) atoms. The molecule has 1 saturated heterocycles. The van der Waals surface area contributed by atoms with Crippen molar-refractivity contribution in [2.45, 2.75) is 37.5 Å². The van der Waals surface area contributed by atoms with Crippen LogP contribution in [-0.4, -0.2) is 44.5 Å². The van der Waals surface area contributed by atoms with Gasteiger partial charge in [-0.3, -0.25) is 4.79 Å². The van der Waals surface area contributed by atoms with Gasteiger partial charge in [-0.25, -0.2) is 0 Å². The second kappa shape index (κ2) is 8.84. The Morgan fingerprint density at radius 3 is 2.45 bits per heavy atom. The Morgan fingerprint density at radius 2 is 1.72 bits per heavy atom. The third kappa shape index (κ3) is 4.89. The van der Waals surface area contributed by atoms with Crippen LogP contribution in [-0.2, 0) is 14.3 Å². The molecule has 0 unspecified atom stereocenters. The number of carbonyl (C=O) groups excluding carboxylic acids is 1. The molecule has 0 aromatic heterocycles. The molecule has 1 N–H and O–H groups in total. The lowest BCUT2D eigenvalue weighted by Gasteiger charge is -2.35. The van der Waals surface area contributed by atoms with Crippen LogP contribution in [0.15, 0.2) is 54.6 Å². The van der Waals surface area contributed by atoms with Gasteiger partial charge in [0.2, 0.25) is 5.91 Å². The number of nitrogens with zero attached hydrogens (tertiary/aromatic N) is 1. The highest BCUT2D eigenvalue weighted by Crippen LogP contribution is 2.36. The van der Waals surface area contributed by atoms with Crippen molar-refractivity contribution in [1.29, 1.82) is 0 Å². The van der Waals surface area contributed by atoms with Crippen molar-refractivity contribution < 1.29 is 19.0 Å². The van der Waals surface area contributed by atoms with Gasteiger partial charge in [-0.15, -0.1) is 0 Å². The van der Waals surface area contributed by atoms with Gasteiger partial charge in [0.1, 0.15) is 5.75 Å². The fourth-order valence-electron chi connectivity index (χ4n) is 4.04. The first-order valence-corrected chi connectivity index (χ1v) is 10.2. The number of carbonyl (C=O) groups is 1. The molecule has 6 heteroatoms. The lowest BCUT2D eigenvalue weighted by atomic mass is 9.90. The van der Waals surface area contributed by atoms with Crippen LogP contribution in [0.1, 0.15) is 25.7 Å². The molecule has 0 radical (unpaired) electrons. The molecule has 1 aliphatic carbocycles. The van der Waals surface area contributed by atoms with E-state index in [-0.39, 0.29) is 18.5 Å². The topological polar surface area (TPSA) is 60.0 Å². The summed E-state index contributed by atoms with van der Waals surface area (Å²) in [7, 11) is 1.91. The highest BCUT2D eigenvalue weighted by molar-refractivity contribution is 5.82. The van der Waals surface area contributed by atoms with E-state index in [1.54, 1.807) is 0 Å². The second-order valence-electron chi connectivity index (χ2n) is 7.69. The summed E-state index contributed by atoms with van der Waals surface area (Å²) in [6.45, 7) is 1.61. The molecule has 1 amide bonds. The maximum absolute atomic E-state index is 12.6. The van der Waals surface area contributed by atoms with Gasteiger partial charge < -0.3 is 24.4 Å². The van der Waals surface area contributed by atoms with Crippen molar-refractivity contribution in [1.82, 2.24) is 5.32 Å². The van der Waals surface area contributed by atoms with Crippen LogP contribution in [0.5, 0.6) is 11.5 Å². The Kier molecular flexibility index (Phi) is 6.02. The van der Waals surface area contributed by atoms with E-state index in [4.69, 9.17) is 14.2 Å².